The first-order valence-electron chi connectivity index (χ1n) is 4.03. The number of nitrogens with zero attached hydrogens (tertiary/aromatic N) is 2. The van der Waals surface area contributed by atoms with Gasteiger partial charge < -0.3 is 4.57 Å². The van der Waals surface area contributed by atoms with Crippen molar-refractivity contribution >= 4 is 17.0 Å². The van der Waals surface area contributed by atoms with E-state index in [-0.39, 0.29) is 0 Å². The lowest BCUT2D eigenvalue weighted by Gasteiger charge is -1.90. The van der Waals surface area contributed by atoms with Crippen molar-refractivity contribution in [2.24, 2.45) is 4.99 Å². The third-order valence-corrected chi connectivity index (χ3v) is 2.29. The van der Waals surface area contributed by atoms with Crippen molar-refractivity contribution in [3.05, 3.63) is 36.2 Å². The lowest BCUT2D eigenvalue weighted by Crippen LogP contribution is -1.88. The summed E-state index contributed by atoms with van der Waals surface area (Å²) in [6.07, 6.45) is 4.10. The Morgan fingerprint density at radius 1 is 1.25 bits per heavy atom. The minimum Gasteiger partial charge on any atom is -0.326 e. The van der Waals surface area contributed by atoms with Crippen molar-refractivity contribution in [1.29, 1.82) is 0 Å². The van der Waals surface area contributed by atoms with E-state index < -0.39 is 0 Å². The predicted molar refractivity (Wildman–Crippen MR) is 49.5 cm³/mol. The van der Waals surface area contributed by atoms with Gasteiger partial charge in [0.1, 0.15) is 6.67 Å². The molecule has 0 fully saturated rings. The molecule has 2 aromatic rings. The molecule has 0 aliphatic carbocycles. The standard InChI is InChI=1S/C10H8N2/c1-2-4-9-8(3-1)6-12-7-11-5-10(9)12/h1-6H,7H2. The van der Waals surface area contributed by atoms with E-state index in [2.05, 4.69) is 40.0 Å². The fourth-order valence-corrected chi connectivity index (χ4v) is 1.71. The second-order valence-electron chi connectivity index (χ2n) is 3.02. The first-order valence-corrected chi connectivity index (χ1v) is 4.03. The van der Waals surface area contributed by atoms with E-state index in [0.29, 0.717) is 0 Å². The molecule has 0 N–H and O–H groups in total. The number of aromatic nitrogens is 1. The third kappa shape index (κ3) is 0.619. The van der Waals surface area contributed by atoms with Crippen LogP contribution in [0.4, 0.5) is 0 Å². The minimum atomic E-state index is 0.782. The van der Waals surface area contributed by atoms with Crippen LogP contribution in [0.25, 0.3) is 10.8 Å². The SMILES string of the molecule is C1=NCn2cc3ccccc3c21. The Morgan fingerprint density at radius 2 is 2.17 bits per heavy atom. The maximum Gasteiger partial charge on any atom is 0.114 e. The van der Waals surface area contributed by atoms with E-state index in [1.165, 1.54) is 16.5 Å². The van der Waals surface area contributed by atoms with Gasteiger partial charge >= 0.3 is 0 Å². The molecule has 1 aliphatic heterocycles. The summed E-state index contributed by atoms with van der Waals surface area (Å²) in [5, 5.41) is 2.61. The van der Waals surface area contributed by atoms with Crippen LogP contribution < -0.4 is 0 Å². The number of benzene rings is 1. The van der Waals surface area contributed by atoms with Gasteiger partial charge in [0.25, 0.3) is 0 Å². The summed E-state index contributed by atoms with van der Waals surface area (Å²) >= 11 is 0. The molecule has 2 heteroatoms. The van der Waals surface area contributed by atoms with Crippen LogP contribution >= 0.6 is 0 Å². The highest BCUT2D eigenvalue weighted by atomic mass is 15.1. The Bertz CT molecular complexity index is 466. The van der Waals surface area contributed by atoms with Gasteiger partial charge in [-0.15, -0.1) is 0 Å². The van der Waals surface area contributed by atoms with Crippen LogP contribution in [0.15, 0.2) is 35.5 Å². The molecule has 12 heavy (non-hydrogen) atoms. The molecule has 0 saturated carbocycles. The minimum absolute atomic E-state index is 0.782. The van der Waals surface area contributed by atoms with E-state index in [9.17, 15) is 0 Å². The summed E-state index contributed by atoms with van der Waals surface area (Å²) in [4.78, 5) is 4.20. The van der Waals surface area contributed by atoms with Crippen molar-refractivity contribution < 1.29 is 0 Å². The number of fused-ring (bicyclic) bond motifs is 3. The maximum atomic E-state index is 4.20. The highest BCUT2D eigenvalue weighted by molar-refractivity contribution is 6.00. The molecule has 0 spiro atoms. The smallest absolute Gasteiger partial charge is 0.114 e. The van der Waals surface area contributed by atoms with Crippen LogP contribution in [0.5, 0.6) is 0 Å². The normalized spacial score (nSPS) is 14.0. The molecule has 0 bridgehead atoms. The molecule has 0 atom stereocenters. The Hall–Kier alpha value is -1.57. The third-order valence-electron chi connectivity index (χ3n) is 2.29. The van der Waals surface area contributed by atoms with Crippen molar-refractivity contribution in [3.63, 3.8) is 0 Å². The average molecular weight is 156 g/mol. The summed E-state index contributed by atoms with van der Waals surface area (Å²) in [5.74, 6) is 0. The summed E-state index contributed by atoms with van der Waals surface area (Å²) in [6.45, 7) is 0.782. The van der Waals surface area contributed by atoms with Crippen molar-refractivity contribution in [2.75, 3.05) is 0 Å². The summed E-state index contributed by atoms with van der Waals surface area (Å²) in [5.41, 5.74) is 1.24. The van der Waals surface area contributed by atoms with Crippen LogP contribution in [-0.4, -0.2) is 10.8 Å². The molecule has 1 aromatic carbocycles. The van der Waals surface area contributed by atoms with Crippen LogP contribution in [0.3, 0.4) is 0 Å². The van der Waals surface area contributed by atoms with E-state index in [1.807, 2.05) is 6.21 Å². The molecule has 0 unspecified atom stereocenters. The van der Waals surface area contributed by atoms with Crippen LogP contribution in [0, 0.1) is 0 Å². The first kappa shape index (κ1) is 6.00. The number of aliphatic imine (C=N–C) groups is 1. The zero-order valence-corrected chi connectivity index (χ0v) is 6.57. The van der Waals surface area contributed by atoms with E-state index in [0.717, 1.165) is 6.67 Å². The van der Waals surface area contributed by atoms with Gasteiger partial charge in [0.2, 0.25) is 0 Å². The molecule has 0 amide bonds. The largest absolute Gasteiger partial charge is 0.326 e. The Labute approximate surface area is 70.2 Å². The number of hydrogen-bond acceptors (Lipinski definition) is 1. The van der Waals surface area contributed by atoms with E-state index >= 15 is 0 Å². The van der Waals surface area contributed by atoms with Gasteiger partial charge in [-0.25, -0.2) is 0 Å². The Kier molecular flexibility index (Phi) is 0.987. The highest BCUT2D eigenvalue weighted by Crippen LogP contribution is 2.21. The molecule has 3 rings (SSSR count). The number of rotatable bonds is 0. The lowest BCUT2D eigenvalue weighted by atomic mass is 10.2. The van der Waals surface area contributed by atoms with Gasteiger partial charge in [0, 0.05) is 23.2 Å². The van der Waals surface area contributed by atoms with Crippen LogP contribution in [0.2, 0.25) is 0 Å². The summed E-state index contributed by atoms with van der Waals surface area (Å²) < 4.78 is 2.17. The molecule has 2 nitrogen and oxygen atoms in total. The maximum absolute atomic E-state index is 4.20. The topological polar surface area (TPSA) is 17.3 Å². The Morgan fingerprint density at radius 3 is 3.17 bits per heavy atom. The number of hydrogen-bond donors (Lipinski definition) is 0. The highest BCUT2D eigenvalue weighted by Gasteiger charge is 2.09. The average Bonchev–Trinajstić information content (AvgIpc) is 2.62. The molecule has 0 saturated heterocycles. The summed E-state index contributed by atoms with van der Waals surface area (Å²) in [7, 11) is 0. The predicted octanol–water partition coefficient (Wildman–Crippen LogP) is 2.03. The quantitative estimate of drug-likeness (QED) is 0.555. The second kappa shape index (κ2) is 1.97. The zero-order valence-electron chi connectivity index (χ0n) is 6.57. The molecule has 58 valence electrons. The fraction of sp³-hybridized carbons (Fsp3) is 0.100. The Balaban J connectivity index is 2.51. The first-order chi connectivity index (χ1) is 5.95. The zero-order chi connectivity index (χ0) is 7.97. The van der Waals surface area contributed by atoms with Gasteiger partial charge in [-0.05, 0) is 0 Å². The van der Waals surface area contributed by atoms with Crippen molar-refractivity contribution in [3.8, 4) is 0 Å². The summed E-state index contributed by atoms with van der Waals surface area (Å²) in [6, 6.07) is 8.40. The molecule has 0 radical (unpaired) electrons. The van der Waals surface area contributed by atoms with E-state index in [4.69, 9.17) is 0 Å². The van der Waals surface area contributed by atoms with Gasteiger partial charge in [-0.2, -0.15) is 0 Å². The monoisotopic (exact) mass is 156 g/mol. The molecular formula is C10H8N2. The fourth-order valence-electron chi connectivity index (χ4n) is 1.71. The molecular weight excluding hydrogens is 148 g/mol. The van der Waals surface area contributed by atoms with Crippen LogP contribution in [-0.2, 0) is 6.67 Å². The lowest BCUT2D eigenvalue weighted by molar-refractivity contribution is 0.770. The second-order valence-corrected chi connectivity index (χ2v) is 3.02. The van der Waals surface area contributed by atoms with Gasteiger partial charge in [-0.3, -0.25) is 4.99 Å². The van der Waals surface area contributed by atoms with Crippen LogP contribution in [0.1, 0.15) is 5.69 Å². The van der Waals surface area contributed by atoms with Gasteiger partial charge in [0.05, 0.1) is 5.69 Å². The van der Waals surface area contributed by atoms with Crippen molar-refractivity contribution in [2.45, 2.75) is 6.67 Å². The van der Waals surface area contributed by atoms with Crippen molar-refractivity contribution in [1.82, 2.24) is 4.57 Å². The molecule has 1 aromatic heterocycles. The van der Waals surface area contributed by atoms with E-state index in [1.54, 1.807) is 0 Å². The molecule has 2 heterocycles. The van der Waals surface area contributed by atoms with Gasteiger partial charge in [0.15, 0.2) is 0 Å². The van der Waals surface area contributed by atoms with Gasteiger partial charge in [-0.1, -0.05) is 24.3 Å². The molecule has 1 aliphatic rings.